The molecule has 0 aliphatic heterocycles. The van der Waals surface area contributed by atoms with Gasteiger partial charge in [-0.2, -0.15) is 8.42 Å². The fraction of sp³-hybridized carbons (Fsp3) is 0.235. The van der Waals surface area contributed by atoms with E-state index in [9.17, 15) is 21.9 Å². The minimum atomic E-state index is -4.77. The third kappa shape index (κ3) is 6.95. The van der Waals surface area contributed by atoms with E-state index in [0.717, 1.165) is 5.56 Å². The summed E-state index contributed by atoms with van der Waals surface area (Å²) in [6.45, 7) is 0. The molecule has 0 saturated heterocycles. The first-order valence-corrected chi connectivity index (χ1v) is 9.92. The van der Waals surface area contributed by atoms with Gasteiger partial charge in [0, 0.05) is 24.5 Å². The molecule has 7 nitrogen and oxygen atoms in total. The fourth-order valence-corrected chi connectivity index (χ4v) is 3.17. The second-order valence-electron chi connectivity index (χ2n) is 5.66. The van der Waals surface area contributed by atoms with E-state index in [-0.39, 0.29) is 23.6 Å². The van der Waals surface area contributed by atoms with E-state index in [1.54, 1.807) is 30.6 Å². The predicted molar refractivity (Wildman–Crippen MR) is 99.8 cm³/mol. The number of rotatable bonds is 8. The molecule has 1 aromatic heterocycles. The van der Waals surface area contributed by atoms with Gasteiger partial charge < -0.3 is 10.6 Å². The van der Waals surface area contributed by atoms with Gasteiger partial charge >= 0.3 is 16.3 Å². The zero-order valence-electron chi connectivity index (χ0n) is 14.1. The van der Waals surface area contributed by atoms with Crippen LogP contribution in [0, 0.1) is 0 Å². The number of alkyl halides is 1. The van der Waals surface area contributed by atoms with Crippen molar-refractivity contribution in [1.82, 2.24) is 10.3 Å². The molecule has 0 spiro atoms. The summed E-state index contributed by atoms with van der Waals surface area (Å²) < 4.78 is 34.7. The summed E-state index contributed by atoms with van der Waals surface area (Å²) >= 11 is 5.61. The third-order valence-corrected chi connectivity index (χ3v) is 4.50. The molecule has 0 bridgehead atoms. The number of benzene rings is 1. The van der Waals surface area contributed by atoms with Gasteiger partial charge in [-0.15, -0.1) is 15.5 Å². The Morgan fingerprint density at radius 1 is 1.19 bits per heavy atom. The topological polar surface area (TPSA) is 105 Å². The fourth-order valence-electron chi connectivity index (χ4n) is 2.36. The van der Waals surface area contributed by atoms with Crippen LogP contribution in [0.2, 0.25) is 0 Å². The molecular formula is C17H17ClFN3O4S. The van der Waals surface area contributed by atoms with Crippen LogP contribution in [0.3, 0.4) is 0 Å². The van der Waals surface area contributed by atoms with Gasteiger partial charge in [0.15, 0.2) is 5.78 Å². The van der Waals surface area contributed by atoms with Crippen LogP contribution >= 0.6 is 11.6 Å². The van der Waals surface area contributed by atoms with Crippen LogP contribution in [0.4, 0.5) is 14.4 Å². The summed E-state index contributed by atoms with van der Waals surface area (Å²) in [5, 5.41) is 4.94. The molecule has 2 aromatic rings. The van der Waals surface area contributed by atoms with Crippen molar-refractivity contribution in [2.45, 2.75) is 18.2 Å². The van der Waals surface area contributed by atoms with Gasteiger partial charge in [-0.05, 0) is 23.3 Å². The molecule has 1 aromatic carbocycles. The number of halogens is 2. The number of urea groups is 1. The number of carbonyl (C=O) groups is 2. The number of amides is 2. The maximum absolute atomic E-state index is 13.0. The predicted octanol–water partition coefficient (Wildman–Crippen LogP) is 2.42. The minimum Gasteiger partial charge on any atom is -0.328 e. The molecule has 0 radical (unpaired) electrons. The molecule has 10 heteroatoms. The number of carbonyl (C=O) groups excluding carboxylic acids is 2. The normalized spacial score (nSPS) is 12.2. The molecule has 1 unspecified atom stereocenters. The van der Waals surface area contributed by atoms with E-state index >= 15 is 0 Å². The highest BCUT2D eigenvalue weighted by atomic mass is 35.5. The molecule has 144 valence electrons. The summed E-state index contributed by atoms with van der Waals surface area (Å²) in [4.78, 5) is 28.3. The lowest BCUT2D eigenvalue weighted by Crippen LogP contribution is -2.45. The molecular weight excluding hydrogens is 397 g/mol. The van der Waals surface area contributed by atoms with Gasteiger partial charge in [0.1, 0.15) is 5.75 Å². The van der Waals surface area contributed by atoms with Gasteiger partial charge in [-0.3, -0.25) is 9.78 Å². The summed E-state index contributed by atoms with van der Waals surface area (Å²) in [5.74, 6) is -1.55. The van der Waals surface area contributed by atoms with Crippen molar-refractivity contribution in [1.29, 1.82) is 0 Å². The average molecular weight is 414 g/mol. The lowest BCUT2D eigenvalue weighted by Gasteiger charge is -2.18. The van der Waals surface area contributed by atoms with Gasteiger partial charge in [-0.1, -0.05) is 24.3 Å². The number of hydrogen-bond acceptors (Lipinski definition) is 5. The van der Waals surface area contributed by atoms with E-state index in [1.165, 1.54) is 18.2 Å². The number of hydrogen-bond donors (Lipinski definition) is 2. The van der Waals surface area contributed by atoms with Crippen LogP contribution in [0.1, 0.15) is 11.1 Å². The average Bonchev–Trinajstić information content (AvgIpc) is 2.62. The van der Waals surface area contributed by atoms with Crippen LogP contribution in [0.25, 0.3) is 0 Å². The molecule has 2 amide bonds. The second-order valence-corrected chi connectivity index (χ2v) is 7.29. The molecule has 2 rings (SSSR count). The minimum absolute atomic E-state index is 0.0858. The summed E-state index contributed by atoms with van der Waals surface area (Å²) in [6, 6.07) is 7.69. The maximum Gasteiger partial charge on any atom is 0.319 e. The Hall–Kier alpha value is -2.52. The van der Waals surface area contributed by atoms with Crippen molar-refractivity contribution in [3.8, 4) is 0 Å². The molecule has 27 heavy (non-hydrogen) atoms. The zero-order valence-corrected chi connectivity index (χ0v) is 15.6. The molecule has 0 fully saturated rings. The van der Waals surface area contributed by atoms with Gasteiger partial charge in [0.25, 0.3) is 0 Å². The van der Waals surface area contributed by atoms with Gasteiger partial charge in [0.05, 0.1) is 11.9 Å². The number of nitrogens with zero attached hydrogens (tertiary/aromatic N) is 1. The van der Waals surface area contributed by atoms with Crippen LogP contribution in [-0.4, -0.2) is 37.1 Å². The van der Waals surface area contributed by atoms with E-state index < -0.39 is 33.8 Å². The first-order chi connectivity index (χ1) is 12.8. The Morgan fingerprint density at radius 2 is 1.93 bits per heavy atom. The summed E-state index contributed by atoms with van der Waals surface area (Å²) in [6.07, 6.45) is 3.33. The number of para-hydroxylation sites is 1. The van der Waals surface area contributed by atoms with Crippen LogP contribution in [-0.2, 0) is 27.2 Å². The molecule has 0 saturated carbocycles. The van der Waals surface area contributed by atoms with Gasteiger partial charge in [-0.25, -0.2) is 4.79 Å². The SMILES string of the molecule is O=C(Nc1ccccc1CS(=O)(=O)F)NC(Cc1cccnc1)C(=O)CCl. The Bertz CT molecular complexity index is 909. The standard InChI is InChI=1S/C17H17ClFN3O4S/c18-9-16(23)15(8-12-4-3-7-20-10-12)22-17(24)21-14-6-2-1-5-13(14)11-27(19,25)26/h1-7,10,15H,8-9,11H2,(H2,21,22,24). The largest absolute Gasteiger partial charge is 0.328 e. The van der Waals surface area contributed by atoms with E-state index in [4.69, 9.17) is 11.6 Å². The Labute approximate surface area is 161 Å². The Kier molecular flexibility index (Phi) is 7.26. The Morgan fingerprint density at radius 3 is 2.56 bits per heavy atom. The van der Waals surface area contributed by atoms with Crippen molar-refractivity contribution >= 4 is 39.3 Å². The number of anilines is 1. The highest BCUT2D eigenvalue weighted by Crippen LogP contribution is 2.18. The van der Waals surface area contributed by atoms with Crippen LogP contribution in [0.5, 0.6) is 0 Å². The summed E-state index contributed by atoms with van der Waals surface area (Å²) in [5.41, 5.74) is 0.933. The Balaban J connectivity index is 2.11. The molecule has 1 atom stereocenters. The number of nitrogens with one attached hydrogen (secondary N) is 2. The highest BCUT2D eigenvalue weighted by molar-refractivity contribution is 7.85. The number of ketones is 1. The molecule has 0 aliphatic carbocycles. The van der Waals surface area contributed by atoms with E-state index in [0.29, 0.717) is 0 Å². The van der Waals surface area contributed by atoms with Crippen molar-refractivity contribution < 1.29 is 21.9 Å². The van der Waals surface area contributed by atoms with Crippen molar-refractivity contribution in [3.63, 3.8) is 0 Å². The second kappa shape index (κ2) is 9.43. The quantitative estimate of drug-likeness (QED) is 0.510. The smallest absolute Gasteiger partial charge is 0.319 e. The van der Waals surface area contributed by atoms with Crippen molar-refractivity contribution in [3.05, 3.63) is 59.9 Å². The van der Waals surface area contributed by atoms with E-state index in [2.05, 4.69) is 15.6 Å². The van der Waals surface area contributed by atoms with Crippen molar-refractivity contribution in [2.75, 3.05) is 11.2 Å². The van der Waals surface area contributed by atoms with Gasteiger partial charge in [0.2, 0.25) is 0 Å². The summed E-state index contributed by atoms with van der Waals surface area (Å²) in [7, 11) is -4.77. The van der Waals surface area contributed by atoms with Crippen LogP contribution in [0.15, 0.2) is 48.8 Å². The lowest BCUT2D eigenvalue weighted by molar-refractivity contribution is -0.118. The first-order valence-electron chi connectivity index (χ1n) is 7.84. The van der Waals surface area contributed by atoms with Crippen molar-refractivity contribution in [2.24, 2.45) is 0 Å². The third-order valence-electron chi connectivity index (χ3n) is 3.58. The molecule has 1 heterocycles. The van der Waals surface area contributed by atoms with E-state index in [1.807, 2.05) is 0 Å². The molecule has 2 N–H and O–H groups in total. The monoisotopic (exact) mass is 413 g/mol. The first kappa shape index (κ1) is 20.8. The zero-order chi connectivity index (χ0) is 19.9. The molecule has 0 aliphatic rings. The maximum atomic E-state index is 13.0. The number of pyridine rings is 1. The number of Topliss-reactive ketones (excluding diaryl/α,β-unsaturated/α-hetero) is 1. The number of aromatic nitrogens is 1. The lowest BCUT2D eigenvalue weighted by atomic mass is 10.0. The highest BCUT2D eigenvalue weighted by Gasteiger charge is 2.21. The van der Waals surface area contributed by atoms with Crippen LogP contribution < -0.4 is 10.6 Å².